The largest absolute Gasteiger partial charge is 0.339 e. The molecule has 116 valence electrons. The number of carbonyl (C=O) groups is 1. The molecule has 2 aromatic rings. The van der Waals surface area contributed by atoms with Crippen LogP contribution in [-0.2, 0) is 13.0 Å². The Labute approximate surface area is 127 Å². The Morgan fingerprint density at radius 3 is 2.77 bits per heavy atom. The van der Waals surface area contributed by atoms with E-state index in [0.717, 1.165) is 18.4 Å². The van der Waals surface area contributed by atoms with Crippen LogP contribution in [0.2, 0.25) is 0 Å². The molecule has 0 aliphatic heterocycles. The van der Waals surface area contributed by atoms with Crippen LogP contribution in [0.15, 0.2) is 28.8 Å². The summed E-state index contributed by atoms with van der Waals surface area (Å²) in [5, 5.41) is 9.31. The maximum atomic E-state index is 12.7. The third-order valence-electron chi connectivity index (χ3n) is 3.41. The summed E-state index contributed by atoms with van der Waals surface area (Å²) in [6.45, 7) is 0.777. The van der Waals surface area contributed by atoms with Crippen LogP contribution < -0.4 is 10.6 Å². The minimum absolute atomic E-state index is 0.282. The van der Waals surface area contributed by atoms with Crippen molar-refractivity contribution in [2.24, 2.45) is 0 Å². The van der Waals surface area contributed by atoms with Gasteiger partial charge >= 0.3 is 6.03 Å². The van der Waals surface area contributed by atoms with Gasteiger partial charge in [-0.3, -0.25) is 0 Å². The minimum atomic E-state index is -0.293. The van der Waals surface area contributed by atoms with Crippen molar-refractivity contribution in [1.29, 1.82) is 0 Å². The van der Waals surface area contributed by atoms with Crippen LogP contribution in [0.4, 0.5) is 9.18 Å². The van der Waals surface area contributed by atoms with Crippen molar-refractivity contribution in [3.05, 3.63) is 47.4 Å². The summed E-state index contributed by atoms with van der Waals surface area (Å²) in [6, 6.07) is 5.71. The average molecular weight is 304 g/mol. The lowest BCUT2D eigenvalue weighted by atomic mass is 10.2. The number of carbonyl (C=O) groups excluding carboxylic acids is 1. The van der Waals surface area contributed by atoms with Crippen molar-refractivity contribution in [2.45, 2.75) is 31.7 Å². The molecule has 1 aromatic heterocycles. The van der Waals surface area contributed by atoms with Gasteiger partial charge < -0.3 is 15.2 Å². The SMILES string of the molecule is O=C(NCCc1noc(C2CC2)n1)NCc1ccc(F)cc1. The fourth-order valence-electron chi connectivity index (χ4n) is 2.00. The van der Waals surface area contributed by atoms with E-state index in [9.17, 15) is 9.18 Å². The molecule has 2 amide bonds. The van der Waals surface area contributed by atoms with Crippen LogP contribution in [0, 0.1) is 5.82 Å². The van der Waals surface area contributed by atoms with Gasteiger partial charge in [0.05, 0.1) is 0 Å². The molecule has 1 fully saturated rings. The molecule has 22 heavy (non-hydrogen) atoms. The molecule has 2 N–H and O–H groups in total. The molecule has 0 atom stereocenters. The van der Waals surface area contributed by atoms with E-state index in [1.54, 1.807) is 12.1 Å². The number of urea groups is 1. The second-order valence-corrected chi connectivity index (χ2v) is 5.31. The molecule has 7 heteroatoms. The second-order valence-electron chi connectivity index (χ2n) is 5.31. The van der Waals surface area contributed by atoms with Crippen molar-refractivity contribution < 1.29 is 13.7 Å². The number of nitrogens with zero attached hydrogens (tertiary/aromatic N) is 2. The Kier molecular flexibility index (Phi) is 4.32. The zero-order valence-electron chi connectivity index (χ0n) is 12.0. The van der Waals surface area contributed by atoms with Gasteiger partial charge in [0.25, 0.3) is 0 Å². The standard InChI is InChI=1S/C15H17FN4O2/c16-12-5-1-10(2-6-12)9-18-15(21)17-8-7-13-19-14(22-20-13)11-3-4-11/h1-2,5-6,11H,3-4,7-9H2,(H2,17,18,21). The Bertz CT molecular complexity index is 637. The number of nitrogens with one attached hydrogen (secondary N) is 2. The van der Waals surface area contributed by atoms with Crippen molar-refractivity contribution >= 4 is 6.03 Å². The summed E-state index contributed by atoms with van der Waals surface area (Å²) in [4.78, 5) is 15.9. The summed E-state index contributed by atoms with van der Waals surface area (Å²) in [5.74, 6) is 1.46. The van der Waals surface area contributed by atoms with Crippen LogP contribution >= 0.6 is 0 Å². The summed E-state index contributed by atoms with van der Waals surface area (Å²) < 4.78 is 17.9. The second kappa shape index (κ2) is 6.55. The molecule has 0 spiro atoms. The molecular formula is C15H17FN4O2. The predicted octanol–water partition coefficient (Wildman–Crippen LogP) is 2.13. The number of amides is 2. The van der Waals surface area contributed by atoms with E-state index in [2.05, 4.69) is 20.8 Å². The van der Waals surface area contributed by atoms with Gasteiger partial charge in [-0.05, 0) is 30.5 Å². The smallest absolute Gasteiger partial charge is 0.315 e. The van der Waals surface area contributed by atoms with E-state index in [4.69, 9.17) is 4.52 Å². The summed E-state index contributed by atoms with van der Waals surface area (Å²) in [5.41, 5.74) is 0.837. The number of benzene rings is 1. The Balaban J connectivity index is 1.35. The first-order chi connectivity index (χ1) is 10.7. The molecule has 0 unspecified atom stereocenters. The zero-order chi connectivity index (χ0) is 15.4. The number of aromatic nitrogens is 2. The highest BCUT2D eigenvalue weighted by Gasteiger charge is 2.29. The van der Waals surface area contributed by atoms with Crippen molar-refractivity contribution in [3.8, 4) is 0 Å². The van der Waals surface area contributed by atoms with Gasteiger partial charge in [-0.2, -0.15) is 4.98 Å². The molecule has 0 radical (unpaired) electrons. The molecule has 1 heterocycles. The zero-order valence-corrected chi connectivity index (χ0v) is 12.0. The van der Waals surface area contributed by atoms with E-state index in [1.165, 1.54) is 12.1 Å². The Hall–Kier alpha value is -2.44. The lowest BCUT2D eigenvalue weighted by Gasteiger charge is -2.06. The summed E-state index contributed by atoms with van der Waals surface area (Å²) in [7, 11) is 0. The number of hydrogen-bond acceptors (Lipinski definition) is 4. The highest BCUT2D eigenvalue weighted by atomic mass is 19.1. The lowest BCUT2D eigenvalue weighted by Crippen LogP contribution is -2.36. The van der Waals surface area contributed by atoms with Gasteiger partial charge in [0, 0.05) is 25.4 Å². The molecule has 1 aliphatic carbocycles. The van der Waals surface area contributed by atoms with Crippen LogP contribution in [0.5, 0.6) is 0 Å². The first-order valence-electron chi connectivity index (χ1n) is 7.29. The first kappa shape index (κ1) is 14.5. The van der Waals surface area contributed by atoms with Crippen molar-refractivity contribution in [1.82, 2.24) is 20.8 Å². The number of rotatable bonds is 6. The van der Waals surface area contributed by atoms with E-state index in [0.29, 0.717) is 37.1 Å². The molecule has 0 bridgehead atoms. The quantitative estimate of drug-likeness (QED) is 0.856. The van der Waals surface area contributed by atoms with Crippen LogP contribution in [0.25, 0.3) is 0 Å². The lowest BCUT2D eigenvalue weighted by molar-refractivity contribution is 0.240. The monoisotopic (exact) mass is 304 g/mol. The predicted molar refractivity (Wildman–Crippen MR) is 76.6 cm³/mol. The van der Waals surface area contributed by atoms with Crippen molar-refractivity contribution in [2.75, 3.05) is 6.54 Å². The average Bonchev–Trinajstić information content (AvgIpc) is 3.26. The van der Waals surface area contributed by atoms with E-state index in [-0.39, 0.29) is 11.8 Å². The van der Waals surface area contributed by atoms with E-state index >= 15 is 0 Å². The van der Waals surface area contributed by atoms with Crippen LogP contribution in [0.3, 0.4) is 0 Å². The minimum Gasteiger partial charge on any atom is -0.339 e. The van der Waals surface area contributed by atoms with Crippen LogP contribution in [0.1, 0.15) is 36.0 Å². The molecule has 1 aromatic carbocycles. The van der Waals surface area contributed by atoms with Gasteiger partial charge in [-0.15, -0.1) is 0 Å². The fourth-order valence-corrected chi connectivity index (χ4v) is 2.00. The molecule has 0 saturated heterocycles. The third kappa shape index (κ3) is 4.03. The van der Waals surface area contributed by atoms with E-state index in [1.807, 2.05) is 0 Å². The topological polar surface area (TPSA) is 80.1 Å². The molecule has 1 saturated carbocycles. The fraction of sp³-hybridized carbons (Fsp3) is 0.400. The van der Waals surface area contributed by atoms with Gasteiger partial charge in [0.15, 0.2) is 5.82 Å². The maximum Gasteiger partial charge on any atom is 0.315 e. The number of hydrogen-bond donors (Lipinski definition) is 2. The summed E-state index contributed by atoms with van der Waals surface area (Å²) in [6.07, 6.45) is 2.76. The molecule has 3 rings (SSSR count). The maximum absolute atomic E-state index is 12.7. The van der Waals surface area contributed by atoms with E-state index < -0.39 is 0 Å². The molecule has 6 nitrogen and oxygen atoms in total. The molecular weight excluding hydrogens is 287 g/mol. The third-order valence-corrected chi connectivity index (χ3v) is 3.41. The highest BCUT2D eigenvalue weighted by molar-refractivity contribution is 5.73. The van der Waals surface area contributed by atoms with Gasteiger partial charge in [-0.1, -0.05) is 17.3 Å². The number of halogens is 1. The Morgan fingerprint density at radius 1 is 1.27 bits per heavy atom. The Morgan fingerprint density at radius 2 is 2.05 bits per heavy atom. The highest BCUT2D eigenvalue weighted by Crippen LogP contribution is 2.38. The van der Waals surface area contributed by atoms with Gasteiger partial charge in [0.1, 0.15) is 5.82 Å². The molecule has 1 aliphatic rings. The van der Waals surface area contributed by atoms with Gasteiger partial charge in [0.2, 0.25) is 5.89 Å². The summed E-state index contributed by atoms with van der Waals surface area (Å²) >= 11 is 0. The van der Waals surface area contributed by atoms with Gasteiger partial charge in [-0.25, -0.2) is 9.18 Å². The normalized spacial score (nSPS) is 13.9. The first-order valence-corrected chi connectivity index (χ1v) is 7.29. The van der Waals surface area contributed by atoms with Crippen molar-refractivity contribution in [3.63, 3.8) is 0 Å². The van der Waals surface area contributed by atoms with Crippen LogP contribution in [-0.4, -0.2) is 22.7 Å².